The number of nitrogens with zero attached hydrogens (tertiary/aromatic N) is 3. The Morgan fingerprint density at radius 2 is 2.00 bits per heavy atom. The van der Waals surface area contributed by atoms with Gasteiger partial charge < -0.3 is 15.0 Å². The Bertz CT molecular complexity index is 556. The van der Waals surface area contributed by atoms with Crippen molar-refractivity contribution in [3.05, 3.63) is 17.8 Å². The highest BCUT2D eigenvalue weighted by Crippen LogP contribution is 2.29. The molecule has 0 radical (unpaired) electrons. The Morgan fingerprint density at radius 1 is 1.22 bits per heavy atom. The molecule has 2 fully saturated rings. The highest BCUT2D eigenvalue weighted by Gasteiger charge is 2.27. The minimum absolute atomic E-state index is 0.179. The first-order valence-corrected chi connectivity index (χ1v) is 8.44. The van der Waals surface area contributed by atoms with Crippen LogP contribution in [-0.4, -0.2) is 61.7 Å². The third-order valence-electron chi connectivity index (χ3n) is 4.83. The van der Waals surface area contributed by atoms with Crippen molar-refractivity contribution in [1.82, 2.24) is 15.2 Å². The van der Waals surface area contributed by atoms with Gasteiger partial charge in [-0.25, -0.2) is 4.98 Å². The Morgan fingerprint density at radius 3 is 2.74 bits per heavy atom. The van der Waals surface area contributed by atoms with Gasteiger partial charge >= 0.3 is 0 Å². The Labute approximate surface area is 137 Å². The van der Waals surface area contributed by atoms with Crippen molar-refractivity contribution < 1.29 is 9.53 Å². The van der Waals surface area contributed by atoms with Crippen molar-refractivity contribution in [3.8, 4) is 5.75 Å². The molecule has 6 heteroatoms. The second-order valence-electron chi connectivity index (χ2n) is 6.33. The lowest BCUT2D eigenvalue weighted by Crippen LogP contribution is -2.46. The average Bonchev–Trinajstić information content (AvgIpc) is 2.80. The lowest BCUT2D eigenvalue weighted by molar-refractivity contribution is -0.120. The summed E-state index contributed by atoms with van der Waals surface area (Å²) in [6.07, 6.45) is 2.83. The summed E-state index contributed by atoms with van der Waals surface area (Å²) in [5, 5.41) is 2.95. The third-order valence-corrected chi connectivity index (χ3v) is 4.83. The topological polar surface area (TPSA) is 57.7 Å². The van der Waals surface area contributed by atoms with Crippen molar-refractivity contribution >= 4 is 11.7 Å². The lowest BCUT2D eigenvalue weighted by Gasteiger charge is -2.38. The molecule has 2 aliphatic rings. The number of nitrogens with one attached hydrogen (secondary N) is 1. The summed E-state index contributed by atoms with van der Waals surface area (Å²) in [4.78, 5) is 20.9. The van der Waals surface area contributed by atoms with Gasteiger partial charge in [-0.05, 0) is 31.9 Å². The Hall–Kier alpha value is -1.82. The summed E-state index contributed by atoms with van der Waals surface area (Å²) in [7, 11) is 1.70. The molecule has 2 aliphatic heterocycles. The van der Waals surface area contributed by atoms with Crippen LogP contribution in [0.1, 0.15) is 25.0 Å². The van der Waals surface area contributed by atoms with E-state index in [4.69, 9.17) is 4.74 Å². The quantitative estimate of drug-likeness (QED) is 0.907. The van der Waals surface area contributed by atoms with E-state index in [1.54, 1.807) is 7.11 Å². The number of rotatable bonds is 3. The van der Waals surface area contributed by atoms with E-state index in [1.807, 2.05) is 19.1 Å². The van der Waals surface area contributed by atoms with E-state index in [0.717, 1.165) is 62.8 Å². The molecule has 2 saturated heterocycles. The summed E-state index contributed by atoms with van der Waals surface area (Å²) < 4.78 is 5.46. The number of pyridine rings is 1. The van der Waals surface area contributed by atoms with Gasteiger partial charge in [0.05, 0.1) is 7.11 Å². The zero-order valence-electron chi connectivity index (χ0n) is 14.0. The molecule has 0 aliphatic carbocycles. The minimum Gasteiger partial charge on any atom is -0.493 e. The van der Waals surface area contributed by atoms with E-state index >= 15 is 0 Å². The molecule has 23 heavy (non-hydrogen) atoms. The molecule has 1 amide bonds. The second kappa shape index (κ2) is 7.17. The van der Waals surface area contributed by atoms with Crippen LogP contribution >= 0.6 is 0 Å². The van der Waals surface area contributed by atoms with Gasteiger partial charge in [-0.1, -0.05) is 0 Å². The van der Waals surface area contributed by atoms with E-state index in [2.05, 4.69) is 20.1 Å². The zero-order chi connectivity index (χ0) is 16.2. The van der Waals surface area contributed by atoms with E-state index in [-0.39, 0.29) is 5.91 Å². The van der Waals surface area contributed by atoms with Crippen LogP contribution in [0.4, 0.5) is 5.82 Å². The molecule has 0 aromatic carbocycles. The Kier molecular flexibility index (Phi) is 5.00. The number of aryl methyl sites for hydroxylation is 1. The molecule has 0 atom stereocenters. The highest BCUT2D eigenvalue weighted by atomic mass is 16.5. The maximum absolute atomic E-state index is 11.5. The molecular formula is C17H26N4O2. The fourth-order valence-electron chi connectivity index (χ4n) is 3.51. The molecular weight excluding hydrogens is 292 g/mol. The number of piperidine rings is 1. The van der Waals surface area contributed by atoms with Gasteiger partial charge in [0.25, 0.3) is 0 Å². The van der Waals surface area contributed by atoms with Crippen LogP contribution in [0.15, 0.2) is 12.1 Å². The van der Waals surface area contributed by atoms with Crippen LogP contribution in [0.3, 0.4) is 0 Å². The first kappa shape index (κ1) is 16.1. The van der Waals surface area contributed by atoms with Crippen molar-refractivity contribution in [3.63, 3.8) is 0 Å². The predicted molar refractivity (Wildman–Crippen MR) is 90.0 cm³/mol. The van der Waals surface area contributed by atoms with Gasteiger partial charge in [-0.2, -0.15) is 0 Å². The lowest BCUT2D eigenvalue weighted by atomic mass is 10.0. The van der Waals surface area contributed by atoms with Crippen LogP contribution in [0.25, 0.3) is 0 Å². The van der Waals surface area contributed by atoms with Crippen LogP contribution in [0.2, 0.25) is 0 Å². The standard InChI is InChI=1S/C17H26N4O2/c1-13-3-4-15(23-2)17(19-13)21-9-5-14(6-10-21)20-11-7-16(22)18-8-12-20/h3-4,14H,5-12H2,1-2H3,(H,18,22). The van der Waals surface area contributed by atoms with Crippen molar-refractivity contribution in [2.24, 2.45) is 0 Å². The molecule has 1 N–H and O–H groups in total. The van der Waals surface area contributed by atoms with Crippen molar-refractivity contribution in [1.29, 1.82) is 0 Å². The number of carbonyl (C=O) groups excluding carboxylic acids is 1. The molecule has 0 bridgehead atoms. The summed E-state index contributed by atoms with van der Waals surface area (Å²) in [6.45, 7) is 6.58. The van der Waals surface area contributed by atoms with E-state index in [9.17, 15) is 4.79 Å². The fourth-order valence-corrected chi connectivity index (χ4v) is 3.51. The van der Waals surface area contributed by atoms with E-state index in [0.29, 0.717) is 12.5 Å². The zero-order valence-corrected chi connectivity index (χ0v) is 14.0. The van der Waals surface area contributed by atoms with Crippen LogP contribution in [0.5, 0.6) is 5.75 Å². The van der Waals surface area contributed by atoms with Crippen LogP contribution in [0, 0.1) is 6.92 Å². The first-order valence-electron chi connectivity index (χ1n) is 8.44. The number of carbonyl (C=O) groups is 1. The fraction of sp³-hybridized carbons (Fsp3) is 0.647. The molecule has 6 nitrogen and oxygen atoms in total. The SMILES string of the molecule is COc1ccc(C)nc1N1CCC(N2CCNC(=O)CC2)CC1. The van der Waals surface area contributed by atoms with Crippen molar-refractivity contribution in [2.75, 3.05) is 44.7 Å². The number of hydrogen-bond donors (Lipinski definition) is 1. The van der Waals surface area contributed by atoms with Gasteiger partial charge in [-0.15, -0.1) is 0 Å². The molecule has 126 valence electrons. The molecule has 1 aromatic rings. The minimum atomic E-state index is 0.179. The summed E-state index contributed by atoms with van der Waals surface area (Å²) in [6, 6.07) is 4.54. The highest BCUT2D eigenvalue weighted by molar-refractivity contribution is 5.76. The van der Waals surface area contributed by atoms with Gasteiger partial charge in [0.1, 0.15) is 0 Å². The van der Waals surface area contributed by atoms with E-state index < -0.39 is 0 Å². The van der Waals surface area contributed by atoms with Crippen LogP contribution in [-0.2, 0) is 4.79 Å². The summed E-state index contributed by atoms with van der Waals surface area (Å²) in [5.41, 5.74) is 1.01. The van der Waals surface area contributed by atoms with Gasteiger partial charge in [0, 0.05) is 50.9 Å². The van der Waals surface area contributed by atoms with E-state index in [1.165, 1.54) is 0 Å². The maximum atomic E-state index is 11.5. The van der Waals surface area contributed by atoms with Gasteiger partial charge in [0.2, 0.25) is 5.91 Å². The number of hydrogen-bond acceptors (Lipinski definition) is 5. The number of ether oxygens (including phenoxy) is 1. The normalized spacial score (nSPS) is 21.0. The molecule has 3 rings (SSSR count). The molecule has 0 saturated carbocycles. The number of aromatic nitrogens is 1. The number of methoxy groups -OCH3 is 1. The van der Waals surface area contributed by atoms with Crippen molar-refractivity contribution in [2.45, 2.75) is 32.2 Å². The average molecular weight is 318 g/mol. The number of anilines is 1. The maximum Gasteiger partial charge on any atom is 0.221 e. The summed E-state index contributed by atoms with van der Waals surface area (Å²) >= 11 is 0. The molecule has 0 spiro atoms. The molecule has 3 heterocycles. The summed E-state index contributed by atoms with van der Waals surface area (Å²) in [5.74, 6) is 1.98. The van der Waals surface area contributed by atoms with Crippen LogP contribution < -0.4 is 15.0 Å². The smallest absolute Gasteiger partial charge is 0.221 e. The number of amides is 1. The monoisotopic (exact) mass is 318 g/mol. The largest absolute Gasteiger partial charge is 0.493 e. The Balaban J connectivity index is 1.62. The molecule has 1 aromatic heterocycles. The van der Waals surface area contributed by atoms with Gasteiger partial charge in [0.15, 0.2) is 11.6 Å². The predicted octanol–water partition coefficient (Wildman–Crippen LogP) is 1.19. The third kappa shape index (κ3) is 3.75. The van der Waals surface area contributed by atoms with Gasteiger partial charge in [-0.3, -0.25) is 9.69 Å². The first-order chi connectivity index (χ1) is 11.2. The molecule has 0 unspecified atom stereocenters. The second-order valence-corrected chi connectivity index (χ2v) is 6.33.